The van der Waals surface area contributed by atoms with E-state index in [4.69, 9.17) is 26.2 Å². The molecule has 0 saturated carbocycles. The van der Waals surface area contributed by atoms with E-state index in [1.54, 1.807) is 0 Å². The van der Waals surface area contributed by atoms with Gasteiger partial charge in [-0.15, -0.1) is 0 Å². The third-order valence-corrected chi connectivity index (χ3v) is 3.13. The van der Waals surface area contributed by atoms with E-state index < -0.39 is 36.2 Å². The number of nitrogens with two attached hydrogens (primary N) is 1. The van der Waals surface area contributed by atoms with Gasteiger partial charge in [-0.1, -0.05) is 30.3 Å². The molecule has 0 heterocycles. The Labute approximate surface area is 134 Å². The van der Waals surface area contributed by atoms with Crippen LogP contribution in [-0.4, -0.2) is 56.7 Å². The second-order valence-corrected chi connectivity index (χ2v) is 5.52. The summed E-state index contributed by atoms with van der Waals surface area (Å²) in [4.78, 5) is 20.8. The monoisotopic (exact) mass is 328 g/mol. The van der Waals surface area contributed by atoms with Crippen molar-refractivity contribution in [3.63, 3.8) is 0 Å². The van der Waals surface area contributed by atoms with Crippen LogP contribution in [0.5, 0.6) is 0 Å². The van der Waals surface area contributed by atoms with Gasteiger partial charge in [0.1, 0.15) is 11.1 Å². The van der Waals surface area contributed by atoms with Gasteiger partial charge >= 0.3 is 11.9 Å². The van der Waals surface area contributed by atoms with Gasteiger partial charge in [0.25, 0.3) is 0 Å². The molecule has 7 N–H and O–H groups in total. The van der Waals surface area contributed by atoms with Crippen LogP contribution in [0.2, 0.25) is 0 Å². The number of carboxylic acids is 2. The predicted molar refractivity (Wildman–Crippen MR) is 83.7 cm³/mol. The highest BCUT2D eigenvalue weighted by Crippen LogP contribution is 2.05. The van der Waals surface area contributed by atoms with Gasteiger partial charge in [-0.25, -0.2) is 0 Å². The summed E-state index contributed by atoms with van der Waals surface area (Å²) in [6, 6.07) is 9.45. The van der Waals surface area contributed by atoms with Crippen molar-refractivity contribution >= 4 is 11.9 Å². The van der Waals surface area contributed by atoms with Crippen LogP contribution in [-0.2, 0) is 16.1 Å². The van der Waals surface area contributed by atoms with Crippen LogP contribution < -0.4 is 11.1 Å². The molecule has 0 aliphatic rings. The molecule has 0 fully saturated rings. The quantitative estimate of drug-likeness (QED) is 0.387. The average Bonchev–Trinajstić information content (AvgIpc) is 2.53. The molecular weight excluding hydrogens is 304 g/mol. The first-order valence-electron chi connectivity index (χ1n) is 6.85. The molecule has 8 nitrogen and oxygen atoms in total. The highest BCUT2D eigenvalue weighted by Gasteiger charge is 2.31. The lowest BCUT2D eigenvalue weighted by Gasteiger charge is -2.23. The number of carboxylic acid groups (broad SMARTS) is 2. The highest BCUT2D eigenvalue weighted by molar-refractivity contribution is 5.78. The molecule has 8 heteroatoms. The lowest BCUT2D eigenvalue weighted by Crippen LogP contribution is -2.52. The zero-order valence-corrected chi connectivity index (χ0v) is 13.2. The third-order valence-electron chi connectivity index (χ3n) is 3.13. The SMILES string of the molecule is C[C@@](CO)(NCc1ccccc1)C(=O)O.C[C@](N)(CO)C(=O)O. The first kappa shape index (κ1) is 21.0. The summed E-state index contributed by atoms with van der Waals surface area (Å²) < 4.78 is 0. The summed E-state index contributed by atoms with van der Waals surface area (Å²) in [5, 5.41) is 37.1. The molecule has 0 aliphatic carbocycles. The Morgan fingerprint density at radius 2 is 1.57 bits per heavy atom. The molecule has 0 aromatic heterocycles. The molecule has 0 spiro atoms. The number of hydrogen-bond acceptors (Lipinski definition) is 6. The number of carbonyl (C=O) groups is 2. The first-order valence-corrected chi connectivity index (χ1v) is 6.85. The van der Waals surface area contributed by atoms with E-state index in [0.717, 1.165) is 5.56 Å². The number of benzene rings is 1. The number of rotatable bonds is 7. The van der Waals surface area contributed by atoms with E-state index >= 15 is 0 Å². The Balaban J connectivity index is 0.000000515. The van der Waals surface area contributed by atoms with Gasteiger partial charge in [0.2, 0.25) is 0 Å². The Kier molecular flexibility index (Phi) is 8.41. The van der Waals surface area contributed by atoms with E-state index in [1.165, 1.54) is 13.8 Å². The number of hydrogen-bond donors (Lipinski definition) is 6. The minimum absolute atomic E-state index is 0.421. The molecule has 2 atom stereocenters. The maximum atomic E-state index is 10.9. The molecule has 0 saturated heterocycles. The Bertz CT molecular complexity index is 506. The molecule has 130 valence electrons. The summed E-state index contributed by atoms with van der Waals surface area (Å²) >= 11 is 0. The molecule has 0 bridgehead atoms. The molecule has 0 unspecified atom stereocenters. The number of nitrogens with one attached hydrogen (secondary N) is 1. The fourth-order valence-electron chi connectivity index (χ4n) is 1.16. The van der Waals surface area contributed by atoms with Crippen molar-refractivity contribution in [2.45, 2.75) is 31.5 Å². The molecule has 0 amide bonds. The van der Waals surface area contributed by atoms with Crippen molar-refractivity contribution in [2.24, 2.45) is 5.73 Å². The number of aliphatic carboxylic acids is 2. The zero-order chi connectivity index (χ0) is 18.1. The molecule has 1 aromatic carbocycles. The maximum Gasteiger partial charge on any atom is 0.326 e. The van der Waals surface area contributed by atoms with E-state index in [1.807, 2.05) is 30.3 Å². The van der Waals surface area contributed by atoms with Gasteiger partial charge in [-0.3, -0.25) is 14.9 Å². The van der Waals surface area contributed by atoms with Crippen LogP contribution in [0.1, 0.15) is 19.4 Å². The van der Waals surface area contributed by atoms with Crippen LogP contribution in [0.4, 0.5) is 0 Å². The van der Waals surface area contributed by atoms with E-state index in [-0.39, 0.29) is 0 Å². The number of aliphatic hydroxyl groups excluding tert-OH is 2. The first-order chi connectivity index (χ1) is 10.6. The zero-order valence-electron chi connectivity index (χ0n) is 13.2. The predicted octanol–water partition coefficient (Wildman–Crippen LogP) is -0.607. The average molecular weight is 328 g/mol. The molecule has 0 radical (unpaired) electrons. The van der Waals surface area contributed by atoms with Crippen LogP contribution >= 0.6 is 0 Å². The highest BCUT2D eigenvalue weighted by atomic mass is 16.4. The largest absolute Gasteiger partial charge is 0.480 e. The van der Waals surface area contributed by atoms with Gasteiger partial charge in [-0.2, -0.15) is 0 Å². The summed E-state index contributed by atoms with van der Waals surface area (Å²) in [6.45, 7) is 2.15. The fourth-order valence-corrected chi connectivity index (χ4v) is 1.16. The van der Waals surface area contributed by atoms with E-state index in [0.29, 0.717) is 6.54 Å². The normalized spacial score (nSPS) is 15.5. The van der Waals surface area contributed by atoms with Crippen LogP contribution in [0, 0.1) is 0 Å². The Morgan fingerprint density at radius 3 is 1.87 bits per heavy atom. The minimum Gasteiger partial charge on any atom is -0.480 e. The van der Waals surface area contributed by atoms with Gasteiger partial charge in [0.15, 0.2) is 0 Å². The second-order valence-electron chi connectivity index (χ2n) is 5.52. The second kappa shape index (κ2) is 9.21. The minimum atomic E-state index is -1.49. The van der Waals surface area contributed by atoms with Crippen molar-refractivity contribution in [3.8, 4) is 0 Å². The van der Waals surface area contributed by atoms with E-state index in [2.05, 4.69) is 5.32 Å². The lowest BCUT2D eigenvalue weighted by molar-refractivity contribution is -0.146. The van der Waals surface area contributed by atoms with E-state index in [9.17, 15) is 9.59 Å². The standard InChI is InChI=1S/C11H15NO3.C4H9NO3/c1-11(8-13,10(14)15)12-7-9-5-3-2-4-6-9;1-4(5,2-6)3(7)8/h2-6,12-13H,7-8H2,1H3,(H,14,15);6H,2,5H2,1H3,(H,7,8)/t11-;4-/m00/s1. The third kappa shape index (κ3) is 7.20. The smallest absolute Gasteiger partial charge is 0.326 e. The van der Waals surface area contributed by atoms with Crippen LogP contribution in [0.25, 0.3) is 0 Å². The summed E-state index contributed by atoms with van der Waals surface area (Å²) in [6.07, 6.45) is 0. The van der Waals surface area contributed by atoms with Crippen LogP contribution in [0.3, 0.4) is 0 Å². The molecular formula is C15H24N2O6. The summed E-state index contributed by atoms with van der Waals surface area (Å²) in [5.41, 5.74) is 3.23. The topological polar surface area (TPSA) is 153 Å². The van der Waals surface area contributed by atoms with Crippen molar-refractivity contribution in [2.75, 3.05) is 13.2 Å². The fraction of sp³-hybridized carbons (Fsp3) is 0.467. The van der Waals surface area contributed by atoms with Crippen LogP contribution in [0.15, 0.2) is 30.3 Å². The van der Waals surface area contributed by atoms with Crippen molar-refractivity contribution in [3.05, 3.63) is 35.9 Å². The van der Waals surface area contributed by atoms with Crippen molar-refractivity contribution in [1.29, 1.82) is 0 Å². The molecule has 1 rings (SSSR count). The van der Waals surface area contributed by atoms with Gasteiger partial charge in [-0.05, 0) is 19.4 Å². The molecule has 0 aliphatic heterocycles. The van der Waals surface area contributed by atoms with Gasteiger partial charge in [0, 0.05) is 6.54 Å². The number of aliphatic hydroxyl groups is 2. The van der Waals surface area contributed by atoms with Gasteiger partial charge in [0.05, 0.1) is 13.2 Å². The van der Waals surface area contributed by atoms with Crippen molar-refractivity contribution in [1.82, 2.24) is 5.32 Å². The summed E-state index contributed by atoms with van der Waals surface area (Å²) in [7, 11) is 0. The molecule has 1 aromatic rings. The van der Waals surface area contributed by atoms with Gasteiger partial charge < -0.3 is 26.2 Å². The Hall–Kier alpha value is -2.00. The summed E-state index contributed by atoms with van der Waals surface area (Å²) in [5.74, 6) is -2.25. The maximum absolute atomic E-state index is 10.9. The van der Waals surface area contributed by atoms with Crippen molar-refractivity contribution < 1.29 is 30.0 Å². The Morgan fingerprint density at radius 1 is 1.04 bits per heavy atom. The molecule has 23 heavy (non-hydrogen) atoms. The lowest BCUT2D eigenvalue weighted by atomic mass is 10.0.